The molecule has 0 amide bonds. The monoisotopic (exact) mass is 229 g/mol. The van der Waals surface area contributed by atoms with E-state index < -0.39 is 5.82 Å². The SMILES string of the molecule is Fc1cc(Cl)c(-n2cccc2)c(Cl)c1. The maximum absolute atomic E-state index is 12.9. The first-order chi connectivity index (χ1) is 6.68. The second kappa shape index (κ2) is 3.64. The highest BCUT2D eigenvalue weighted by Gasteiger charge is 2.09. The molecule has 0 saturated carbocycles. The minimum absolute atomic E-state index is 0.297. The fourth-order valence-corrected chi connectivity index (χ4v) is 1.92. The van der Waals surface area contributed by atoms with Gasteiger partial charge in [-0.25, -0.2) is 4.39 Å². The van der Waals surface area contributed by atoms with E-state index in [2.05, 4.69) is 0 Å². The molecule has 0 aliphatic rings. The summed E-state index contributed by atoms with van der Waals surface area (Å²) in [7, 11) is 0. The Balaban J connectivity index is 2.64. The molecule has 0 radical (unpaired) electrons. The zero-order valence-electron chi connectivity index (χ0n) is 7.05. The van der Waals surface area contributed by atoms with E-state index in [0.717, 1.165) is 0 Å². The molecule has 0 N–H and O–H groups in total. The quantitative estimate of drug-likeness (QED) is 0.699. The lowest BCUT2D eigenvalue weighted by Crippen LogP contribution is -1.93. The lowest BCUT2D eigenvalue weighted by Gasteiger charge is -2.07. The van der Waals surface area contributed by atoms with Crippen LogP contribution in [0.4, 0.5) is 4.39 Å². The van der Waals surface area contributed by atoms with Crippen LogP contribution in [0.15, 0.2) is 36.7 Å². The second-order valence-electron chi connectivity index (χ2n) is 2.81. The van der Waals surface area contributed by atoms with Crippen LogP contribution >= 0.6 is 23.2 Å². The van der Waals surface area contributed by atoms with Crippen LogP contribution in [-0.2, 0) is 0 Å². The number of benzene rings is 1. The van der Waals surface area contributed by atoms with Gasteiger partial charge in [0.2, 0.25) is 0 Å². The molecule has 0 unspecified atom stereocenters. The molecule has 1 heterocycles. The van der Waals surface area contributed by atoms with E-state index in [-0.39, 0.29) is 0 Å². The van der Waals surface area contributed by atoms with Crippen molar-refractivity contribution in [2.24, 2.45) is 0 Å². The van der Waals surface area contributed by atoms with E-state index in [0.29, 0.717) is 15.7 Å². The minimum Gasteiger partial charge on any atom is -0.321 e. The van der Waals surface area contributed by atoms with Crippen molar-refractivity contribution in [2.45, 2.75) is 0 Å². The summed E-state index contributed by atoms with van der Waals surface area (Å²) in [6.07, 6.45) is 3.59. The first-order valence-corrected chi connectivity index (χ1v) is 4.72. The van der Waals surface area contributed by atoms with Gasteiger partial charge in [0, 0.05) is 12.4 Å². The number of rotatable bonds is 1. The normalized spacial score (nSPS) is 10.5. The van der Waals surface area contributed by atoms with Gasteiger partial charge < -0.3 is 4.57 Å². The molecule has 1 nitrogen and oxygen atoms in total. The van der Waals surface area contributed by atoms with Crippen LogP contribution in [0.1, 0.15) is 0 Å². The van der Waals surface area contributed by atoms with Gasteiger partial charge in [-0.1, -0.05) is 23.2 Å². The zero-order chi connectivity index (χ0) is 10.1. The molecule has 0 spiro atoms. The first-order valence-electron chi connectivity index (χ1n) is 3.96. The van der Waals surface area contributed by atoms with Crippen molar-refractivity contribution < 1.29 is 4.39 Å². The third kappa shape index (κ3) is 1.63. The molecule has 0 aliphatic carbocycles. The van der Waals surface area contributed by atoms with Crippen molar-refractivity contribution in [3.05, 3.63) is 52.5 Å². The maximum Gasteiger partial charge on any atom is 0.126 e. The van der Waals surface area contributed by atoms with Crippen LogP contribution in [0.5, 0.6) is 0 Å². The van der Waals surface area contributed by atoms with Crippen molar-refractivity contribution in [3.8, 4) is 5.69 Å². The van der Waals surface area contributed by atoms with Crippen molar-refractivity contribution >= 4 is 23.2 Å². The molecule has 72 valence electrons. The highest BCUT2D eigenvalue weighted by Crippen LogP contribution is 2.29. The largest absolute Gasteiger partial charge is 0.321 e. The van der Waals surface area contributed by atoms with Gasteiger partial charge in [-0.3, -0.25) is 0 Å². The van der Waals surface area contributed by atoms with Gasteiger partial charge in [0.1, 0.15) is 5.82 Å². The Morgan fingerprint density at radius 1 is 1.00 bits per heavy atom. The van der Waals surface area contributed by atoms with Crippen LogP contribution in [0.25, 0.3) is 5.69 Å². The Morgan fingerprint density at radius 3 is 2.00 bits per heavy atom. The predicted molar refractivity (Wildman–Crippen MR) is 55.7 cm³/mol. The van der Waals surface area contributed by atoms with E-state index in [1.165, 1.54) is 12.1 Å². The molecule has 1 aromatic heterocycles. The summed E-state index contributed by atoms with van der Waals surface area (Å²) < 4.78 is 14.6. The fourth-order valence-electron chi connectivity index (χ4n) is 1.26. The van der Waals surface area contributed by atoms with E-state index in [1.807, 2.05) is 12.1 Å². The van der Waals surface area contributed by atoms with Gasteiger partial charge in [0.05, 0.1) is 15.7 Å². The summed E-state index contributed by atoms with van der Waals surface area (Å²) in [6.45, 7) is 0. The van der Waals surface area contributed by atoms with Crippen molar-refractivity contribution in [1.82, 2.24) is 4.57 Å². The molecule has 0 aliphatic heterocycles. The molecular formula is C10H6Cl2FN. The summed E-state index contributed by atoms with van der Waals surface area (Å²) in [6, 6.07) is 6.16. The Hall–Kier alpha value is -0.990. The lowest BCUT2D eigenvalue weighted by atomic mass is 10.3. The van der Waals surface area contributed by atoms with Gasteiger partial charge in [-0.05, 0) is 24.3 Å². The molecule has 14 heavy (non-hydrogen) atoms. The van der Waals surface area contributed by atoms with E-state index in [1.54, 1.807) is 17.0 Å². The van der Waals surface area contributed by atoms with E-state index in [9.17, 15) is 4.39 Å². The van der Waals surface area contributed by atoms with Gasteiger partial charge in [0.15, 0.2) is 0 Å². The van der Waals surface area contributed by atoms with Crippen LogP contribution in [-0.4, -0.2) is 4.57 Å². The highest BCUT2D eigenvalue weighted by molar-refractivity contribution is 6.37. The molecule has 4 heteroatoms. The van der Waals surface area contributed by atoms with Crippen LogP contribution in [0.2, 0.25) is 10.0 Å². The van der Waals surface area contributed by atoms with Crippen LogP contribution < -0.4 is 0 Å². The summed E-state index contributed by atoms with van der Waals surface area (Å²) in [5, 5.41) is 0.595. The summed E-state index contributed by atoms with van der Waals surface area (Å²) in [5.41, 5.74) is 0.597. The molecular weight excluding hydrogens is 224 g/mol. The summed E-state index contributed by atoms with van der Waals surface area (Å²) >= 11 is 11.8. The van der Waals surface area contributed by atoms with Crippen molar-refractivity contribution in [1.29, 1.82) is 0 Å². The third-order valence-electron chi connectivity index (χ3n) is 1.84. The second-order valence-corrected chi connectivity index (χ2v) is 3.62. The van der Waals surface area contributed by atoms with E-state index in [4.69, 9.17) is 23.2 Å². The zero-order valence-corrected chi connectivity index (χ0v) is 8.56. The number of nitrogens with zero attached hydrogens (tertiary/aromatic N) is 1. The third-order valence-corrected chi connectivity index (χ3v) is 2.42. The predicted octanol–water partition coefficient (Wildman–Crippen LogP) is 3.92. The highest BCUT2D eigenvalue weighted by atomic mass is 35.5. The van der Waals surface area contributed by atoms with Crippen LogP contribution in [0.3, 0.4) is 0 Å². The molecule has 0 bridgehead atoms. The standard InChI is InChI=1S/C10H6Cl2FN/c11-8-5-7(13)6-9(12)10(8)14-3-1-2-4-14/h1-6H. The van der Waals surface area contributed by atoms with Gasteiger partial charge in [-0.15, -0.1) is 0 Å². The average molecular weight is 230 g/mol. The average Bonchev–Trinajstić information content (AvgIpc) is 2.54. The Bertz CT molecular complexity index is 428. The van der Waals surface area contributed by atoms with E-state index >= 15 is 0 Å². The Kier molecular flexibility index (Phi) is 2.48. The van der Waals surface area contributed by atoms with Gasteiger partial charge in [-0.2, -0.15) is 0 Å². The molecule has 0 atom stereocenters. The number of hydrogen-bond acceptors (Lipinski definition) is 0. The smallest absolute Gasteiger partial charge is 0.126 e. The Labute approximate surface area is 90.7 Å². The fraction of sp³-hybridized carbons (Fsp3) is 0. The van der Waals surface area contributed by atoms with Gasteiger partial charge >= 0.3 is 0 Å². The number of halogens is 3. The van der Waals surface area contributed by atoms with Crippen molar-refractivity contribution in [3.63, 3.8) is 0 Å². The molecule has 0 fully saturated rings. The molecule has 0 saturated heterocycles. The first kappa shape index (κ1) is 9.56. The molecule has 2 aromatic rings. The molecule has 2 rings (SSSR count). The van der Waals surface area contributed by atoms with Crippen molar-refractivity contribution in [2.75, 3.05) is 0 Å². The summed E-state index contributed by atoms with van der Waals surface area (Å²) in [4.78, 5) is 0. The molecule has 1 aromatic carbocycles. The lowest BCUT2D eigenvalue weighted by molar-refractivity contribution is 0.627. The number of hydrogen-bond donors (Lipinski definition) is 0. The Morgan fingerprint density at radius 2 is 1.50 bits per heavy atom. The minimum atomic E-state index is -0.434. The topological polar surface area (TPSA) is 4.93 Å². The van der Waals surface area contributed by atoms with Crippen LogP contribution in [0, 0.1) is 5.82 Å². The number of aromatic nitrogens is 1. The summed E-state index contributed by atoms with van der Waals surface area (Å²) in [5.74, 6) is -0.434. The van der Waals surface area contributed by atoms with Gasteiger partial charge in [0.25, 0.3) is 0 Å². The maximum atomic E-state index is 12.9.